The Hall–Kier alpha value is -3.96. The Morgan fingerprint density at radius 1 is 1.16 bits per heavy atom. The number of nitrogens with zero attached hydrogens (tertiary/aromatic N) is 1. The van der Waals surface area contributed by atoms with Crippen LogP contribution in [0, 0.1) is 17.8 Å². The number of rotatable bonds is 4. The molecule has 2 saturated carbocycles. The number of carbonyl (C=O) groups is 4. The van der Waals surface area contributed by atoms with Crippen LogP contribution in [0.2, 0.25) is 0 Å². The number of benzene rings is 1. The van der Waals surface area contributed by atoms with Crippen molar-refractivity contribution in [3.8, 4) is 5.75 Å². The number of phenolic OH excluding ortho intramolecular Hbond substituents is 1. The van der Waals surface area contributed by atoms with Crippen LogP contribution < -0.4 is 5.73 Å². The fraction of sp³-hybridized carbons (Fsp3) is 0.385. The third-order valence-corrected chi connectivity index (χ3v) is 7.74. The molecular weight excluding hydrogens is 484 g/mol. The van der Waals surface area contributed by atoms with Gasteiger partial charge in [0.25, 0.3) is 5.91 Å². The van der Waals surface area contributed by atoms with Gasteiger partial charge < -0.3 is 30.9 Å². The number of fused-ring (bicyclic) bond motifs is 3. The summed E-state index contributed by atoms with van der Waals surface area (Å²) in [5.74, 6) is -9.79. The van der Waals surface area contributed by atoms with Crippen molar-refractivity contribution >= 4 is 34.8 Å². The van der Waals surface area contributed by atoms with Gasteiger partial charge in [0.05, 0.1) is 34.9 Å². The highest BCUT2D eigenvalue weighted by Gasteiger charge is 2.69. The number of phenols is 1. The van der Waals surface area contributed by atoms with E-state index in [-0.39, 0.29) is 22.4 Å². The molecule has 5 atom stereocenters. The molecule has 4 aliphatic carbocycles. The van der Waals surface area contributed by atoms with Crippen molar-refractivity contribution in [2.45, 2.75) is 30.6 Å². The Bertz CT molecular complexity index is 1370. The zero-order chi connectivity index (χ0) is 27.1. The second-order valence-corrected chi connectivity index (χ2v) is 10.1. The Balaban J connectivity index is 1.84. The fourth-order valence-corrected chi connectivity index (χ4v) is 5.87. The summed E-state index contributed by atoms with van der Waals surface area (Å²) >= 11 is 0. The van der Waals surface area contributed by atoms with E-state index in [0.717, 1.165) is 0 Å². The molecule has 4 aliphatic rings. The number of Topliss-reactive ketones (excluding diaryl/α,β-unsaturated/α-hetero) is 2. The van der Waals surface area contributed by atoms with Crippen molar-refractivity contribution in [2.75, 3.05) is 14.1 Å². The third-order valence-electron chi connectivity index (χ3n) is 7.74. The quantitative estimate of drug-likeness (QED) is 0.280. The van der Waals surface area contributed by atoms with Crippen molar-refractivity contribution in [3.63, 3.8) is 0 Å². The Morgan fingerprint density at radius 2 is 1.81 bits per heavy atom. The first-order valence-electron chi connectivity index (χ1n) is 11.7. The molecule has 0 heterocycles. The Kier molecular flexibility index (Phi) is 5.36. The van der Waals surface area contributed by atoms with Gasteiger partial charge >= 0.3 is 5.97 Å². The first-order valence-corrected chi connectivity index (χ1v) is 11.7. The first kappa shape index (κ1) is 24.7. The number of nitrogens with two attached hydrogens (primary N) is 1. The van der Waals surface area contributed by atoms with Gasteiger partial charge in [-0.3, -0.25) is 24.1 Å². The van der Waals surface area contributed by atoms with E-state index in [2.05, 4.69) is 6.58 Å². The summed E-state index contributed by atoms with van der Waals surface area (Å²) in [7, 11) is 2.92. The summed E-state index contributed by atoms with van der Waals surface area (Å²) in [5, 5.41) is 44.7. The van der Waals surface area contributed by atoms with Gasteiger partial charge in [0, 0.05) is 0 Å². The van der Waals surface area contributed by atoms with Crippen LogP contribution in [0.3, 0.4) is 0 Å². The molecule has 1 aromatic carbocycles. The van der Waals surface area contributed by atoms with Gasteiger partial charge in [0.2, 0.25) is 5.78 Å². The highest BCUT2D eigenvalue weighted by atomic mass is 16.5. The monoisotopic (exact) mass is 510 g/mol. The molecule has 0 aliphatic heterocycles. The molecular formula is C26H26N2O9. The summed E-state index contributed by atoms with van der Waals surface area (Å²) in [6, 6.07) is 2.91. The summed E-state index contributed by atoms with van der Waals surface area (Å²) in [5.41, 5.74) is 1.28. The lowest BCUT2D eigenvalue weighted by atomic mass is 9.55. The molecule has 1 aromatic rings. The average Bonchev–Trinajstić information content (AvgIpc) is 3.66. The number of ether oxygens (including phenoxy) is 1. The maximum absolute atomic E-state index is 14.0. The number of likely N-dealkylation sites (N-methyl/N-ethyl adjacent to an activating group) is 1. The summed E-state index contributed by atoms with van der Waals surface area (Å²) < 4.78 is 5.86. The number of ketones is 2. The first-order chi connectivity index (χ1) is 17.3. The van der Waals surface area contributed by atoms with E-state index in [1.54, 1.807) is 6.07 Å². The molecule has 0 aromatic heterocycles. The molecule has 194 valence electrons. The number of amides is 1. The second-order valence-electron chi connectivity index (χ2n) is 10.1. The maximum atomic E-state index is 14.0. The lowest BCUT2D eigenvalue weighted by Gasteiger charge is -2.53. The number of esters is 1. The van der Waals surface area contributed by atoms with Crippen LogP contribution in [0.5, 0.6) is 5.75 Å². The number of aliphatic hydroxyl groups excluding tert-OH is 2. The fourth-order valence-electron chi connectivity index (χ4n) is 5.87. The molecule has 0 bridgehead atoms. The van der Waals surface area contributed by atoms with E-state index in [1.807, 2.05) is 0 Å². The predicted molar refractivity (Wildman–Crippen MR) is 128 cm³/mol. The standard InChI is InChI=1S/C26H26N2O9/c1-9-11-5-4-6-12(29)14(11)19(30)15-13(9)21(37-25(35)10-7-8-10)17-18(28(2)3)20(31)16(24(27)34)23(33)26(17,36)22(15)32/h4-6,10,13,17-18,21,29-30,33,36H,1,7-8H2,2-3H3,(H2,27,34)/t13-,17-,18+,21-,26+/m1/s1. The van der Waals surface area contributed by atoms with E-state index in [0.29, 0.717) is 12.8 Å². The lowest BCUT2D eigenvalue weighted by Crippen LogP contribution is -2.70. The predicted octanol–water partition coefficient (Wildman–Crippen LogP) is 0.366. The normalized spacial score (nSPS) is 31.2. The molecule has 2 fully saturated rings. The smallest absolute Gasteiger partial charge is 0.309 e. The Morgan fingerprint density at radius 3 is 2.38 bits per heavy atom. The number of aromatic hydroxyl groups is 1. The number of aliphatic hydroxyl groups is 3. The van der Waals surface area contributed by atoms with Crippen molar-refractivity contribution in [3.05, 3.63) is 52.8 Å². The van der Waals surface area contributed by atoms with Gasteiger partial charge in [-0.15, -0.1) is 0 Å². The molecule has 0 unspecified atom stereocenters. The number of primary amides is 1. The van der Waals surface area contributed by atoms with E-state index in [9.17, 15) is 39.6 Å². The third kappa shape index (κ3) is 3.20. The molecule has 5 rings (SSSR count). The van der Waals surface area contributed by atoms with Crippen LogP contribution in [0.25, 0.3) is 11.3 Å². The van der Waals surface area contributed by atoms with Crippen LogP contribution >= 0.6 is 0 Å². The maximum Gasteiger partial charge on any atom is 0.309 e. The zero-order valence-electron chi connectivity index (χ0n) is 20.1. The molecule has 0 saturated heterocycles. The van der Waals surface area contributed by atoms with Gasteiger partial charge in [0.15, 0.2) is 11.4 Å². The van der Waals surface area contributed by atoms with Crippen LogP contribution in [0.1, 0.15) is 24.0 Å². The highest BCUT2D eigenvalue weighted by Crippen LogP contribution is 2.56. The molecule has 1 amide bonds. The molecule has 11 nitrogen and oxygen atoms in total. The van der Waals surface area contributed by atoms with Crippen LogP contribution in [-0.4, -0.2) is 80.6 Å². The minimum atomic E-state index is -2.97. The number of carbonyl (C=O) groups excluding carboxylic acids is 4. The van der Waals surface area contributed by atoms with E-state index >= 15 is 0 Å². The molecule has 11 heteroatoms. The Labute approximate surface area is 211 Å². The molecule has 6 N–H and O–H groups in total. The van der Waals surface area contributed by atoms with Gasteiger partial charge in [-0.05, 0) is 44.1 Å². The van der Waals surface area contributed by atoms with Crippen molar-refractivity contribution in [1.29, 1.82) is 0 Å². The topological polar surface area (TPSA) is 188 Å². The van der Waals surface area contributed by atoms with Gasteiger partial charge in [-0.25, -0.2) is 0 Å². The van der Waals surface area contributed by atoms with Crippen LogP contribution in [-0.2, 0) is 23.9 Å². The van der Waals surface area contributed by atoms with Crippen LogP contribution in [0.15, 0.2) is 41.7 Å². The van der Waals surface area contributed by atoms with Gasteiger partial charge in [0.1, 0.15) is 28.9 Å². The SMILES string of the molecule is C=C1c2cccc(O)c2C(O)=C2C(=O)[C@]3(O)C(O)=C(C(N)=O)C(=O)[C@@H](N(C)C)[C@@H]3[C@H](OC(=O)C3CC3)[C@H]12. The van der Waals surface area contributed by atoms with Gasteiger partial charge in [-0.2, -0.15) is 0 Å². The summed E-state index contributed by atoms with van der Waals surface area (Å²) in [6.45, 7) is 4.05. The highest BCUT2D eigenvalue weighted by molar-refractivity contribution is 6.25. The van der Waals surface area contributed by atoms with Crippen molar-refractivity contribution < 1.29 is 44.3 Å². The largest absolute Gasteiger partial charge is 0.508 e. The summed E-state index contributed by atoms with van der Waals surface area (Å²) in [4.78, 5) is 53.9. The minimum absolute atomic E-state index is 0.129. The second kappa shape index (κ2) is 8.02. The van der Waals surface area contributed by atoms with Crippen LogP contribution in [0.4, 0.5) is 0 Å². The summed E-state index contributed by atoms with van der Waals surface area (Å²) in [6.07, 6.45) is -0.324. The molecule has 0 radical (unpaired) electrons. The lowest BCUT2D eigenvalue weighted by molar-refractivity contribution is -0.182. The van der Waals surface area contributed by atoms with Crippen molar-refractivity contribution in [2.24, 2.45) is 23.5 Å². The molecule has 0 spiro atoms. The van der Waals surface area contributed by atoms with E-state index in [1.165, 1.54) is 31.1 Å². The van der Waals surface area contributed by atoms with Crippen molar-refractivity contribution in [1.82, 2.24) is 4.90 Å². The van der Waals surface area contributed by atoms with Gasteiger partial charge in [-0.1, -0.05) is 18.7 Å². The van der Waals surface area contributed by atoms with E-state index in [4.69, 9.17) is 10.5 Å². The number of hydrogen-bond donors (Lipinski definition) is 5. The minimum Gasteiger partial charge on any atom is -0.508 e. The average molecular weight is 510 g/mol. The molecule has 37 heavy (non-hydrogen) atoms. The zero-order valence-corrected chi connectivity index (χ0v) is 20.1. The number of hydrogen-bond acceptors (Lipinski definition) is 10. The van der Waals surface area contributed by atoms with E-state index < -0.39 is 81.6 Å².